The number of amides is 2. The van der Waals surface area contributed by atoms with Crippen molar-refractivity contribution in [2.75, 3.05) is 5.73 Å². The van der Waals surface area contributed by atoms with Gasteiger partial charge in [-0.1, -0.05) is 30.3 Å². The molecule has 3 aromatic rings. The highest BCUT2D eigenvalue weighted by Crippen LogP contribution is 2.33. The molecule has 196 valence electrons. The van der Waals surface area contributed by atoms with Gasteiger partial charge in [-0.25, -0.2) is 9.78 Å². The first-order valence-corrected chi connectivity index (χ1v) is 12.7. The number of nitrogens with two attached hydrogens (primary N) is 1. The van der Waals surface area contributed by atoms with E-state index in [4.69, 9.17) is 10.4 Å². The Morgan fingerprint density at radius 3 is 2.39 bits per heavy atom. The van der Waals surface area contributed by atoms with E-state index in [0.717, 1.165) is 12.1 Å². The van der Waals surface area contributed by atoms with E-state index in [1.807, 2.05) is 0 Å². The Hall–Kier alpha value is -4.23. The summed E-state index contributed by atoms with van der Waals surface area (Å²) in [4.78, 5) is 60.4. The lowest BCUT2D eigenvalue weighted by Crippen LogP contribution is -2.55. The number of nitrogen functional groups attached to an aromatic ring is 1. The molecule has 38 heavy (non-hydrogen) atoms. The van der Waals surface area contributed by atoms with Crippen molar-refractivity contribution in [3.8, 4) is 5.75 Å². The number of hydrogen-bond acceptors (Lipinski definition) is 8. The highest BCUT2D eigenvalue weighted by atomic mass is 31.2. The van der Waals surface area contributed by atoms with Gasteiger partial charge in [-0.2, -0.15) is 0 Å². The number of nitrogens with one attached hydrogen (secondary N) is 2. The third kappa shape index (κ3) is 5.84. The molecule has 2 amide bonds. The fraction of sp³-hybridized carbons (Fsp3) is 0.130. The molecule has 2 atom stereocenters. The van der Waals surface area contributed by atoms with Crippen LogP contribution >= 0.6 is 7.60 Å². The zero-order valence-electron chi connectivity index (χ0n) is 19.5. The second-order valence-electron chi connectivity index (χ2n) is 8.42. The van der Waals surface area contributed by atoms with E-state index < -0.39 is 44.5 Å². The Bertz CT molecular complexity index is 1450. The minimum Gasteiger partial charge on any atom is -0.534 e. The predicted octanol–water partition coefficient (Wildman–Crippen LogP) is -0.224. The van der Waals surface area contributed by atoms with Crippen LogP contribution in [0.3, 0.4) is 0 Å². The van der Waals surface area contributed by atoms with Gasteiger partial charge in [0.25, 0.3) is 5.91 Å². The summed E-state index contributed by atoms with van der Waals surface area (Å²) in [7, 11) is -6.16. The molecule has 1 aliphatic heterocycles. The molecule has 15 heteroatoms. The van der Waals surface area contributed by atoms with Crippen molar-refractivity contribution in [3.05, 3.63) is 83.0 Å². The molecule has 0 bridgehead atoms. The Balaban J connectivity index is 1.61. The number of hydrogen-bond donors (Lipinski definition) is 7. The van der Waals surface area contributed by atoms with Crippen molar-refractivity contribution in [1.82, 2.24) is 15.6 Å². The first kappa shape index (κ1) is 26.8. The summed E-state index contributed by atoms with van der Waals surface area (Å²) in [5, 5.41) is 24.7. The molecule has 13 nitrogen and oxygen atoms in total. The monoisotopic (exact) mass is 540 g/mol. The number of nitrogens with zero attached hydrogens (tertiary/aromatic N) is 1. The second kappa shape index (κ2) is 10.6. The smallest absolute Gasteiger partial charge is 0.534 e. The number of aromatic carboxylic acids is 1. The molecule has 0 spiro atoms. The highest BCUT2D eigenvalue weighted by Gasteiger charge is 2.39. The van der Waals surface area contributed by atoms with Crippen LogP contribution in [0.25, 0.3) is 0 Å². The molecule has 0 aliphatic carbocycles. The number of fused-ring (bicyclic) bond motifs is 1. The number of pyridine rings is 1. The third-order valence-electron chi connectivity index (χ3n) is 5.78. The van der Waals surface area contributed by atoms with Gasteiger partial charge in [-0.15, -0.1) is 0 Å². The number of carbonyl (C=O) groups is 3. The third-order valence-corrected chi connectivity index (χ3v) is 6.75. The summed E-state index contributed by atoms with van der Waals surface area (Å²) < 4.78 is 17.0. The molecular weight excluding hydrogens is 518 g/mol. The molecule has 4 rings (SSSR count). The van der Waals surface area contributed by atoms with Crippen molar-refractivity contribution in [3.63, 3.8) is 0 Å². The number of anilines is 1. The number of benzene rings is 2. The lowest BCUT2D eigenvalue weighted by Gasteiger charge is -2.30. The van der Waals surface area contributed by atoms with E-state index in [-0.39, 0.29) is 40.1 Å². The van der Waals surface area contributed by atoms with E-state index in [9.17, 15) is 38.9 Å². The number of para-hydroxylation sites is 1. The zero-order chi connectivity index (χ0) is 27.6. The average Bonchev–Trinajstić information content (AvgIpc) is 2.86. The van der Waals surface area contributed by atoms with Crippen molar-refractivity contribution in [2.24, 2.45) is 0 Å². The molecule has 0 saturated heterocycles. The van der Waals surface area contributed by atoms with Gasteiger partial charge in [0, 0.05) is 0 Å². The molecule has 2 heterocycles. The Morgan fingerprint density at radius 1 is 1.08 bits per heavy atom. The second-order valence-corrected chi connectivity index (χ2v) is 10.0. The topological polar surface area (TPSA) is 221 Å². The van der Waals surface area contributed by atoms with Gasteiger partial charge in [0.15, 0.2) is 0 Å². The van der Waals surface area contributed by atoms with Crippen LogP contribution < -0.4 is 26.3 Å². The SMILES string of the molecule is Nc1cccc(C(=O)N[C@@H](C(=O)N[C@H]2Cc3cccc(C(=O)O)c3OB2O)c2ccc(P(=O)(O)O)cc2)n1. The van der Waals surface area contributed by atoms with Crippen LogP contribution in [0.5, 0.6) is 5.75 Å². The number of aromatic nitrogens is 1. The van der Waals surface area contributed by atoms with Gasteiger partial charge in [-0.05, 0) is 47.9 Å². The van der Waals surface area contributed by atoms with Crippen molar-refractivity contribution < 1.29 is 43.5 Å². The Labute approximate surface area is 216 Å². The molecule has 1 aromatic heterocycles. The zero-order valence-corrected chi connectivity index (χ0v) is 20.4. The molecule has 0 unspecified atom stereocenters. The average molecular weight is 540 g/mol. The van der Waals surface area contributed by atoms with E-state index in [1.165, 1.54) is 42.5 Å². The van der Waals surface area contributed by atoms with Crippen molar-refractivity contribution in [1.29, 1.82) is 0 Å². The maximum Gasteiger partial charge on any atom is 0.547 e. The van der Waals surface area contributed by atoms with Gasteiger partial charge in [0.1, 0.15) is 23.3 Å². The largest absolute Gasteiger partial charge is 0.547 e. The number of carbonyl (C=O) groups excluding carboxylic acids is 2. The normalized spacial score (nSPS) is 15.6. The van der Waals surface area contributed by atoms with E-state index >= 15 is 0 Å². The van der Waals surface area contributed by atoms with Crippen LogP contribution in [0.4, 0.5) is 5.82 Å². The van der Waals surface area contributed by atoms with Gasteiger partial charge >= 0.3 is 20.7 Å². The summed E-state index contributed by atoms with van der Waals surface area (Å²) >= 11 is 0. The fourth-order valence-corrected chi connectivity index (χ4v) is 4.46. The van der Waals surface area contributed by atoms with Crippen molar-refractivity contribution in [2.45, 2.75) is 18.4 Å². The van der Waals surface area contributed by atoms with Crippen LogP contribution in [-0.2, 0) is 15.8 Å². The van der Waals surface area contributed by atoms with Crippen LogP contribution in [0.1, 0.15) is 38.0 Å². The van der Waals surface area contributed by atoms with Crippen molar-refractivity contribution >= 4 is 43.6 Å². The number of rotatable bonds is 7. The first-order valence-electron chi connectivity index (χ1n) is 11.1. The van der Waals surface area contributed by atoms with Crippen LogP contribution in [0.2, 0.25) is 0 Å². The molecule has 8 N–H and O–H groups in total. The predicted molar refractivity (Wildman–Crippen MR) is 135 cm³/mol. The standard InChI is InChI=1S/C23H22BN4O9P/c25-18-6-2-5-16(26-18)21(29)28-19(12-7-9-14(10-8-12)38(34,35)36)22(30)27-17-11-13-3-1-4-15(23(31)32)20(13)37-24(17)33/h1-10,17,19,33H,11H2,(H2,25,26)(H,27,30)(H,28,29)(H,31,32)(H2,34,35,36)/t17-,19+/m0/s1. The summed E-state index contributed by atoms with van der Waals surface area (Å²) in [6.45, 7) is 0. The highest BCUT2D eigenvalue weighted by molar-refractivity contribution is 7.60. The first-order chi connectivity index (χ1) is 17.9. The molecule has 2 aromatic carbocycles. The molecular formula is C23H22BN4O9P. The fourth-order valence-electron chi connectivity index (χ4n) is 3.93. The molecule has 0 fully saturated rings. The minimum absolute atomic E-state index is 0.0105. The molecule has 1 aliphatic rings. The summed E-state index contributed by atoms with van der Waals surface area (Å²) in [5.41, 5.74) is 6.04. The minimum atomic E-state index is -4.56. The van der Waals surface area contributed by atoms with Gasteiger partial charge in [0.2, 0.25) is 5.91 Å². The Kier molecular flexibility index (Phi) is 7.51. The van der Waals surface area contributed by atoms with Crippen LogP contribution in [0.15, 0.2) is 60.7 Å². The Morgan fingerprint density at radius 2 is 1.76 bits per heavy atom. The lowest BCUT2D eigenvalue weighted by atomic mass is 9.72. The quantitative estimate of drug-likeness (QED) is 0.153. The number of carboxylic acids is 1. The van der Waals surface area contributed by atoms with Gasteiger partial charge in [0.05, 0.1) is 16.8 Å². The van der Waals surface area contributed by atoms with Gasteiger partial charge < -0.3 is 40.9 Å². The van der Waals surface area contributed by atoms with Crippen LogP contribution in [0, 0.1) is 0 Å². The van der Waals surface area contributed by atoms with E-state index in [2.05, 4.69) is 15.6 Å². The summed E-state index contributed by atoms with van der Waals surface area (Å²) in [5.74, 6) is -3.73. The van der Waals surface area contributed by atoms with Crippen LogP contribution in [-0.4, -0.2) is 55.7 Å². The van der Waals surface area contributed by atoms with E-state index in [1.54, 1.807) is 6.07 Å². The summed E-state index contributed by atoms with van der Waals surface area (Å²) in [6, 6.07) is 12.2. The maximum absolute atomic E-state index is 13.4. The van der Waals surface area contributed by atoms with Gasteiger partial charge in [-0.3, -0.25) is 14.2 Å². The maximum atomic E-state index is 13.4. The molecule has 0 radical (unpaired) electrons. The molecule has 0 saturated carbocycles. The van der Waals surface area contributed by atoms with E-state index in [0.29, 0.717) is 5.56 Å². The lowest BCUT2D eigenvalue weighted by molar-refractivity contribution is -0.123. The number of carboxylic acid groups (broad SMARTS) is 1. The summed E-state index contributed by atoms with van der Waals surface area (Å²) in [6.07, 6.45) is 0.0257.